The zero-order valence-corrected chi connectivity index (χ0v) is 12.0. The summed E-state index contributed by atoms with van der Waals surface area (Å²) in [5.74, 6) is -0.213. The van der Waals surface area contributed by atoms with Gasteiger partial charge in [-0.3, -0.25) is 0 Å². The van der Waals surface area contributed by atoms with Crippen LogP contribution in [0.5, 0.6) is 0 Å². The van der Waals surface area contributed by atoms with E-state index in [1.807, 2.05) is 31.7 Å². The first-order valence-corrected chi connectivity index (χ1v) is 6.50. The lowest BCUT2D eigenvalue weighted by Crippen LogP contribution is -2.29. The number of aryl methyl sites for hydroxylation is 1. The predicted octanol–water partition coefficient (Wildman–Crippen LogP) is 2.47. The fourth-order valence-corrected chi connectivity index (χ4v) is 1.92. The molecule has 0 spiro atoms. The van der Waals surface area contributed by atoms with Crippen molar-refractivity contribution >= 4 is 17.9 Å². The highest BCUT2D eigenvalue weighted by Gasteiger charge is 2.12. The maximum atomic E-state index is 10.5. The molecule has 1 unspecified atom stereocenters. The number of aliphatic carboxylic acids is 1. The molecule has 106 valence electrons. The first kappa shape index (κ1) is 15.7. The average Bonchev–Trinajstić information content (AvgIpc) is 2.42. The summed E-state index contributed by atoms with van der Waals surface area (Å²) in [6, 6.07) is 4.11. The molecule has 5 nitrogen and oxygen atoms in total. The molecule has 0 fully saturated rings. The van der Waals surface area contributed by atoms with Gasteiger partial charge in [-0.05, 0) is 44.0 Å². The molecule has 0 aliphatic carbocycles. The van der Waals surface area contributed by atoms with E-state index >= 15 is 0 Å². The molecule has 1 aromatic rings. The number of hydrogen-bond acceptors (Lipinski definition) is 4. The van der Waals surface area contributed by atoms with E-state index in [0.717, 1.165) is 29.6 Å². The highest BCUT2D eigenvalue weighted by atomic mass is 16.4. The number of carboxylic acids is 1. The summed E-state index contributed by atoms with van der Waals surface area (Å²) in [5.41, 5.74) is 1.71. The quantitative estimate of drug-likeness (QED) is 0.806. The van der Waals surface area contributed by atoms with E-state index in [1.165, 1.54) is 6.08 Å². The molecular formula is C15H19N3O2. The lowest BCUT2D eigenvalue weighted by Gasteiger charge is -2.24. The van der Waals surface area contributed by atoms with Crippen molar-refractivity contribution in [2.45, 2.75) is 20.8 Å². The highest BCUT2D eigenvalue weighted by Crippen LogP contribution is 2.19. The average molecular weight is 273 g/mol. The standard InChI is InChI=1S/C15H19N3O2/c1-4-18(10-11(2)8-16)15-12(3)7-13(9-17-15)5-6-14(19)20/h5-7,9,11H,4,10H2,1-3H3,(H,19,20)/b6-5+. The van der Waals surface area contributed by atoms with Crippen molar-refractivity contribution in [3.05, 3.63) is 29.5 Å². The third-order valence-electron chi connectivity index (χ3n) is 2.89. The van der Waals surface area contributed by atoms with Gasteiger partial charge in [0.15, 0.2) is 0 Å². The van der Waals surface area contributed by atoms with Crippen LogP contribution in [0.3, 0.4) is 0 Å². The molecule has 20 heavy (non-hydrogen) atoms. The molecule has 0 amide bonds. The number of carboxylic acid groups (broad SMARTS) is 1. The van der Waals surface area contributed by atoms with Crippen LogP contribution in [-0.4, -0.2) is 29.1 Å². The first-order valence-electron chi connectivity index (χ1n) is 6.50. The molecule has 1 N–H and O–H groups in total. The maximum absolute atomic E-state index is 10.5. The Labute approximate surface area is 119 Å². The SMILES string of the molecule is CCN(CC(C)C#N)c1ncc(/C=C/C(=O)O)cc1C. The van der Waals surface area contributed by atoms with E-state index in [9.17, 15) is 4.79 Å². The van der Waals surface area contributed by atoms with Crippen LogP contribution in [0.1, 0.15) is 25.0 Å². The Morgan fingerprint density at radius 1 is 1.65 bits per heavy atom. The zero-order valence-electron chi connectivity index (χ0n) is 12.0. The fourth-order valence-electron chi connectivity index (χ4n) is 1.92. The molecule has 1 rings (SSSR count). The molecule has 0 saturated carbocycles. The second kappa shape index (κ2) is 7.29. The Morgan fingerprint density at radius 3 is 2.85 bits per heavy atom. The van der Waals surface area contributed by atoms with E-state index in [0.29, 0.717) is 6.54 Å². The van der Waals surface area contributed by atoms with Gasteiger partial charge in [0.05, 0.1) is 12.0 Å². The lowest BCUT2D eigenvalue weighted by atomic mass is 10.1. The van der Waals surface area contributed by atoms with Crippen LogP contribution < -0.4 is 4.90 Å². The van der Waals surface area contributed by atoms with Gasteiger partial charge in [-0.1, -0.05) is 0 Å². The molecule has 0 saturated heterocycles. The summed E-state index contributed by atoms with van der Waals surface area (Å²) in [5, 5.41) is 17.5. The predicted molar refractivity (Wildman–Crippen MR) is 78.3 cm³/mol. The summed E-state index contributed by atoms with van der Waals surface area (Å²) >= 11 is 0. The Bertz CT molecular complexity index is 547. The van der Waals surface area contributed by atoms with Crippen LogP contribution >= 0.6 is 0 Å². The molecule has 1 aromatic heterocycles. The van der Waals surface area contributed by atoms with Crippen LogP contribution in [0.2, 0.25) is 0 Å². The summed E-state index contributed by atoms with van der Waals surface area (Å²) in [7, 11) is 0. The molecule has 0 bridgehead atoms. The highest BCUT2D eigenvalue weighted by molar-refractivity contribution is 5.85. The first-order chi connectivity index (χ1) is 9.47. The van der Waals surface area contributed by atoms with Crippen LogP contribution in [0.4, 0.5) is 5.82 Å². The Balaban J connectivity index is 2.96. The number of pyridine rings is 1. The van der Waals surface area contributed by atoms with E-state index in [-0.39, 0.29) is 5.92 Å². The topological polar surface area (TPSA) is 77.2 Å². The van der Waals surface area contributed by atoms with Crippen molar-refractivity contribution in [3.63, 3.8) is 0 Å². The maximum Gasteiger partial charge on any atom is 0.328 e. The van der Waals surface area contributed by atoms with E-state index < -0.39 is 5.97 Å². The minimum Gasteiger partial charge on any atom is -0.478 e. The zero-order chi connectivity index (χ0) is 15.1. The number of aromatic nitrogens is 1. The van der Waals surface area contributed by atoms with Gasteiger partial charge in [0.2, 0.25) is 0 Å². The molecule has 0 aliphatic rings. The van der Waals surface area contributed by atoms with Gasteiger partial charge >= 0.3 is 5.97 Å². The third kappa shape index (κ3) is 4.39. The number of hydrogen-bond donors (Lipinski definition) is 1. The van der Waals surface area contributed by atoms with E-state index in [4.69, 9.17) is 10.4 Å². The van der Waals surface area contributed by atoms with Gasteiger partial charge in [-0.25, -0.2) is 9.78 Å². The van der Waals surface area contributed by atoms with Gasteiger partial charge in [-0.2, -0.15) is 5.26 Å². The molecule has 0 aromatic carbocycles. The Hall–Kier alpha value is -2.35. The fraction of sp³-hybridized carbons (Fsp3) is 0.400. The summed E-state index contributed by atoms with van der Waals surface area (Å²) in [4.78, 5) is 16.9. The van der Waals surface area contributed by atoms with Crippen molar-refractivity contribution in [3.8, 4) is 6.07 Å². The third-order valence-corrected chi connectivity index (χ3v) is 2.89. The number of carbonyl (C=O) groups is 1. The monoisotopic (exact) mass is 273 g/mol. The van der Waals surface area contributed by atoms with Crippen molar-refractivity contribution in [1.82, 2.24) is 4.98 Å². The number of nitriles is 1. The van der Waals surface area contributed by atoms with Crippen molar-refractivity contribution < 1.29 is 9.90 Å². The Morgan fingerprint density at radius 2 is 2.35 bits per heavy atom. The second-order valence-electron chi connectivity index (χ2n) is 4.65. The van der Waals surface area contributed by atoms with Gasteiger partial charge in [0, 0.05) is 25.4 Å². The number of anilines is 1. The normalized spacial score (nSPS) is 12.1. The number of nitrogens with zero attached hydrogens (tertiary/aromatic N) is 3. The van der Waals surface area contributed by atoms with Crippen LogP contribution in [0.15, 0.2) is 18.3 Å². The smallest absolute Gasteiger partial charge is 0.328 e. The second-order valence-corrected chi connectivity index (χ2v) is 4.65. The van der Waals surface area contributed by atoms with Gasteiger partial charge in [-0.15, -0.1) is 0 Å². The van der Waals surface area contributed by atoms with Crippen molar-refractivity contribution in [2.24, 2.45) is 5.92 Å². The lowest BCUT2D eigenvalue weighted by molar-refractivity contribution is -0.131. The summed E-state index contributed by atoms with van der Waals surface area (Å²) in [6.07, 6.45) is 4.24. The summed E-state index contributed by atoms with van der Waals surface area (Å²) < 4.78 is 0. The van der Waals surface area contributed by atoms with Gasteiger partial charge in [0.25, 0.3) is 0 Å². The number of rotatable bonds is 6. The molecule has 0 aliphatic heterocycles. The Kier molecular flexibility index (Phi) is 5.73. The molecule has 5 heteroatoms. The minimum absolute atomic E-state index is 0.0669. The van der Waals surface area contributed by atoms with E-state index in [1.54, 1.807) is 6.20 Å². The molecular weight excluding hydrogens is 254 g/mol. The van der Waals surface area contributed by atoms with Gasteiger partial charge in [0.1, 0.15) is 5.82 Å². The summed E-state index contributed by atoms with van der Waals surface area (Å²) in [6.45, 7) is 7.22. The molecule has 1 atom stereocenters. The van der Waals surface area contributed by atoms with Crippen LogP contribution in [0.25, 0.3) is 6.08 Å². The molecule has 1 heterocycles. The largest absolute Gasteiger partial charge is 0.478 e. The van der Waals surface area contributed by atoms with Crippen molar-refractivity contribution in [1.29, 1.82) is 5.26 Å². The van der Waals surface area contributed by atoms with E-state index in [2.05, 4.69) is 11.1 Å². The molecule has 0 radical (unpaired) electrons. The van der Waals surface area contributed by atoms with Crippen LogP contribution in [-0.2, 0) is 4.79 Å². The minimum atomic E-state index is -0.982. The van der Waals surface area contributed by atoms with Gasteiger partial charge < -0.3 is 10.0 Å². The van der Waals surface area contributed by atoms with Crippen molar-refractivity contribution in [2.75, 3.05) is 18.0 Å². The van der Waals surface area contributed by atoms with Crippen LogP contribution in [0, 0.1) is 24.2 Å².